The molecule has 0 aliphatic carbocycles. The van der Waals surface area contributed by atoms with Crippen molar-refractivity contribution in [1.82, 2.24) is 20.2 Å². The Labute approximate surface area is 141 Å². The Morgan fingerprint density at radius 3 is 2.88 bits per heavy atom. The van der Waals surface area contributed by atoms with Crippen LogP contribution in [-0.4, -0.2) is 41.8 Å². The van der Waals surface area contributed by atoms with Gasteiger partial charge in [-0.1, -0.05) is 6.07 Å². The fourth-order valence-electron chi connectivity index (χ4n) is 2.16. The second kappa shape index (κ2) is 9.67. The lowest BCUT2D eigenvalue weighted by molar-refractivity contribution is 0.152. The number of halogens is 1. The average molecular weight is 333 g/mol. The summed E-state index contributed by atoms with van der Waals surface area (Å²) in [4.78, 5) is 8.40. The lowest BCUT2D eigenvalue weighted by atomic mass is 10.2. The first-order chi connectivity index (χ1) is 11.7. The summed E-state index contributed by atoms with van der Waals surface area (Å²) in [6.07, 6.45) is 4.90. The van der Waals surface area contributed by atoms with Crippen molar-refractivity contribution < 1.29 is 9.13 Å². The lowest BCUT2D eigenvalue weighted by Crippen LogP contribution is -2.39. The van der Waals surface area contributed by atoms with E-state index in [9.17, 15) is 4.39 Å². The Balaban J connectivity index is 1.98. The highest BCUT2D eigenvalue weighted by molar-refractivity contribution is 5.79. The van der Waals surface area contributed by atoms with Gasteiger partial charge in [0.15, 0.2) is 5.96 Å². The molecule has 2 rings (SSSR count). The fraction of sp³-hybridized carbons (Fsp3) is 0.412. The van der Waals surface area contributed by atoms with Crippen LogP contribution in [0.25, 0.3) is 5.69 Å². The van der Waals surface area contributed by atoms with E-state index >= 15 is 0 Å². The molecular weight excluding hydrogens is 309 g/mol. The molecule has 0 spiro atoms. The maximum atomic E-state index is 14.2. The van der Waals surface area contributed by atoms with Gasteiger partial charge in [-0.3, -0.25) is 0 Å². The minimum Gasteiger partial charge on any atom is -0.380 e. The van der Waals surface area contributed by atoms with Crippen molar-refractivity contribution in [2.75, 3.05) is 26.3 Å². The third-order valence-corrected chi connectivity index (χ3v) is 3.30. The van der Waals surface area contributed by atoms with E-state index in [1.54, 1.807) is 29.4 Å². The van der Waals surface area contributed by atoms with E-state index in [0.29, 0.717) is 38.0 Å². The number of nitrogens with zero attached hydrogens (tertiary/aromatic N) is 3. The molecule has 130 valence electrons. The van der Waals surface area contributed by atoms with Gasteiger partial charge in [-0.25, -0.2) is 14.4 Å². The van der Waals surface area contributed by atoms with Gasteiger partial charge < -0.3 is 19.9 Å². The maximum Gasteiger partial charge on any atom is 0.191 e. The summed E-state index contributed by atoms with van der Waals surface area (Å²) in [5, 5.41) is 6.34. The van der Waals surface area contributed by atoms with Crippen LogP contribution in [0.4, 0.5) is 4.39 Å². The number of nitrogens with one attached hydrogen (secondary N) is 2. The standard InChI is InChI=1S/C17H24FN5O/c1-3-20-17(21-8-10-24-4-2)22-12-14-5-6-16(15(18)11-14)23-9-7-19-13-23/h5-7,9,11,13H,3-4,8,10,12H2,1-2H3,(H2,20,21,22). The number of aliphatic imine (C=N–C) groups is 1. The Morgan fingerprint density at radius 2 is 2.21 bits per heavy atom. The van der Waals surface area contributed by atoms with E-state index in [0.717, 1.165) is 12.1 Å². The van der Waals surface area contributed by atoms with E-state index in [4.69, 9.17) is 4.74 Å². The number of imidazole rings is 1. The molecule has 0 bridgehead atoms. The summed E-state index contributed by atoms with van der Waals surface area (Å²) in [5.41, 5.74) is 1.28. The first-order valence-electron chi connectivity index (χ1n) is 8.11. The minimum atomic E-state index is -0.296. The van der Waals surface area contributed by atoms with Gasteiger partial charge in [0.1, 0.15) is 5.82 Å². The first-order valence-corrected chi connectivity index (χ1v) is 8.11. The largest absolute Gasteiger partial charge is 0.380 e. The quantitative estimate of drug-likeness (QED) is 0.441. The van der Waals surface area contributed by atoms with Crippen LogP contribution in [0.15, 0.2) is 41.9 Å². The number of rotatable bonds is 8. The monoisotopic (exact) mass is 333 g/mol. The Morgan fingerprint density at radius 1 is 1.33 bits per heavy atom. The van der Waals surface area contributed by atoms with Gasteiger partial charge in [-0.15, -0.1) is 0 Å². The molecule has 0 atom stereocenters. The Hall–Kier alpha value is -2.41. The van der Waals surface area contributed by atoms with Crippen LogP contribution in [0.2, 0.25) is 0 Å². The van der Waals surface area contributed by atoms with Crippen molar-refractivity contribution in [3.8, 4) is 5.69 Å². The zero-order chi connectivity index (χ0) is 17.2. The smallest absolute Gasteiger partial charge is 0.191 e. The topological polar surface area (TPSA) is 63.5 Å². The summed E-state index contributed by atoms with van der Waals surface area (Å²) in [5.74, 6) is 0.395. The highest BCUT2D eigenvalue weighted by Crippen LogP contribution is 2.15. The lowest BCUT2D eigenvalue weighted by Gasteiger charge is -2.11. The first kappa shape index (κ1) is 17.9. The predicted octanol–water partition coefficient (Wildman–Crippen LogP) is 2.10. The van der Waals surface area contributed by atoms with Gasteiger partial charge in [0.05, 0.1) is 25.2 Å². The molecule has 24 heavy (non-hydrogen) atoms. The van der Waals surface area contributed by atoms with Crippen molar-refractivity contribution in [2.24, 2.45) is 4.99 Å². The third kappa shape index (κ3) is 5.34. The molecule has 0 aliphatic rings. The van der Waals surface area contributed by atoms with E-state index < -0.39 is 0 Å². The van der Waals surface area contributed by atoms with Gasteiger partial charge in [-0.2, -0.15) is 0 Å². The highest BCUT2D eigenvalue weighted by Gasteiger charge is 2.05. The summed E-state index contributed by atoms with van der Waals surface area (Å²) in [7, 11) is 0. The molecule has 1 aromatic carbocycles. The zero-order valence-electron chi connectivity index (χ0n) is 14.1. The molecule has 0 unspecified atom stereocenters. The van der Waals surface area contributed by atoms with Gasteiger partial charge in [0, 0.05) is 32.1 Å². The van der Waals surface area contributed by atoms with E-state index in [1.807, 2.05) is 19.9 Å². The summed E-state index contributed by atoms with van der Waals surface area (Å²) in [6.45, 7) is 7.10. The normalized spacial score (nSPS) is 11.5. The molecule has 2 N–H and O–H groups in total. The molecule has 0 saturated heterocycles. The van der Waals surface area contributed by atoms with Crippen molar-refractivity contribution in [2.45, 2.75) is 20.4 Å². The Kier molecular flexibility index (Phi) is 7.22. The highest BCUT2D eigenvalue weighted by atomic mass is 19.1. The molecule has 1 heterocycles. The number of hydrogen-bond acceptors (Lipinski definition) is 3. The summed E-state index contributed by atoms with van der Waals surface area (Å²) in [6, 6.07) is 5.10. The minimum absolute atomic E-state index is 0.296. The van der Waals surface area contributed by atoms with Crippen LogP contribution in [-0.2, 0) is 11.3 Å². The Bertz CT molecular complexity index is 642. The predicted molar refractivity (Wildman–Crippen MR) is 92.8 cm³/mol. The summed E-state index contributed by atoms with van der Waals surface area (Å²) < 4.78 is 21.2. The molecule has 0 saturated carbocycles. The van der Waals surface area contributed by atoms with E-state index in [2.05, 4.69) is 20.6 Å². The fourth-order valence-corrected chi connectivity index (χ4v) is 2.16. The molecule has 1 aromatic heterocycles. The molecule has 0 aliphatic heterocycles. The van der Waals surface area contributed by atoms with Gasteiger partial charge >= 0.3 is 0 Å². The van der Waals surface area contributed by atoms with Gasteiger partial charge in [-0.05, 0) is 31.5 Å². The SMILES string of the molecule is CCNC(=NCc1ccc(-n2ccnc2)c(F)c1)NCCOCC. The van der Waals surface area contributed by atoms with Gasteiger partial charge in [0.2, 0.25) is 0 Å². The van der Waals surface area contributed by atoms with Crippen LogP contribution in [0, 0.1) is 5.82 Å². The van der Waals surface area contributed by atoms with Crippen molar-refractivity contribution in [3.05, 3.63) is 48.3 Å². The molecule has 0 fully saturated rings. The van der Waals surface area contributed by atoms with Crippen LogP contribution in [0.1, 0.15) is 19.4 Å². The molecule has 6 nitrogen and oxygen atoms in total. The van der Waals surface area contributed by atoms with Gasteiger partial charge in [0.25, 0.3) is 0 Å². The molecule has 2 aromatic rings. The number of aromatic nitrogens is 2. The van der Waals surface area contributed by atoms with Crippen LogP contribution < -0.4 is 10.6 Å². The van der Waals surface area contributed by atoms with Crippen molar-refractivity contribution >= 4 is 5.96 Å². The third-order valence-electron chi connectivity index (χ3n) is 3.30. The van der Waals surface area contributed by atoms with Crippen molar-refractivity contribution in [3.63, 3.8) is 0 Å². The molecule has 7 heteroatoms. The van der Waals surface area contributed by atoms with Crippen LogP contribution in [0.3, 0.4) is 0 Å². The van der Waals surface area contributed by atoms with Crippen LogP contribution >= 0.6 is 0 Å². The second-order valence-electron chi connectivity index (χ2n) is 5.07. The maximum absolute atomic E-state index is 14.2. The number of guanidine groups is 1. The zero-order valence-corrected chi connectivity index (χ0v) is 14.1. The van der Waals surface area contributed by atoms with E-state index in [1.165, 1.54) is 6.07 Å². The van der Waals surface area contributed by atoms with Crippen LogP contribution in [0.5, 0.6) is 0 Å². The number of hydrogen-bond donors (Lipinski definition) is 2. The van der Waals surface area contributed by atoms with E-state index in [-0.39, 0.29) is 5.82 Å². The average Bonchev–Trinajstić information content (AvgIpc) is 3.10. The van der Waals surface area contributed by atoms with Crippen molar-refractivity contribution in [1.29, 1.82) is 0 Å². The second-order valence-corrected chi connectivity index (χ2v) is 5.07. The number of benzene rings is 1. The molecule has 0 radical (unpaired) electrons. The summed E-state index contributed by atoms with van der Waals surface area (Å²) >= 11 is 0. The molecular formula is C17H24FN5O. The number of ether oxygens (including phenoxy) is 1. The molecule has 0 amide bonds.